The molecule has 5 aromatic rings. The fourth-order valence-electron chi connectivity index (χ4n) is 3.96. The maximum Gasteiger partial charge on any atom is 0.275 e. The molecule has 0 radical (unpaired) electrons. The van der Waals surface area contributed by atoms with Gasteiger partial charge >= 0.3 is 0 Å². The van der Waals surface area contributed by atoms with E-state index in [4.69, 9.17) is 13.3 Å². The Bertz CT molecular complexity index is 1850. The molecule has 0 aliphatic rings. The van der Waals surface area contributed by atoms with E-state index in [2.05, 4.69) is 16.2 Å². The number of anilines is 1. The number of nitriles is 1. The van der Waals surface area contributed by atoms with Gasteiger partial charge < -0.3 is 14.1 Å². The number of ether oxygens (including phenoxy) is 1. The summed E-state index contributed by atoms with van der Waals surface area (Å²) in [5.74, 6) is -0.0800. The predicted octanol–water partition coefficient (Wildman–Crippen LogP) is 4.06. The molecule has 9 nitrogen and oxygen atoms in total. The molecular weight excluding hydrogens is 458 g/mol. The Morgan fingerprint density at radius 1 is 1.19 bits per heavy atom. The highest BCUT2D eigenvalue weighted by Gasteiger charge is 2.19. The van der Waals surface area contributed by atoms with E-state index in [1.165, 1.54) is 25.3 Å². The molecule has 0 saturated heterocycles. The zero-order valence-electron chi connectivity index (χ0n) is 22.3. The lowest BCUT2D eigenvalue weighted by Gasteiger charge is -2.18. The Hall–Kier alpha value is -4.97. The molecule has 9 heteroatoms. The summed E-state index contributed by atoms with van der Waals surface area (Å²) < 4.78 is 35.8. The lowest BCUT2D eigenvalue weighted by molar-refractivity contribution is -0.119. The molecule has 0 bridgehead atoms. The van der Waals surface area contributed by atoms with Gasteiger partial charge in [-0.2, -0.15) is 10.4 Å². The molecule has 0 saturated carbocycles. The number of aromatic nitrogens is 3. The summed E-state index contributed by atoms with van der Waals surface area (Å²) in [5.41, 5.74) is 1.56. The average Bonchev–Trinajstić information content (AvgIpc) is 3.28. The van der Waals surface area contributed by atoms with Crippen molar-refractivity contribution in [2.45, 2.75) is 13.5 Å². The standard InChI is InChI=1S/C27H21N5O4/c1-16-29-23-10-7-19(12-24(23)36-16)31(2)25(33)15-32-27(34)22-13-20(35-3)8-9-21(22)26(30-32)18-6-4-5-17(11-18)14-28/h4-13H,15H2,1-3H3/i2D3. The Kier molecular flexibility index (Phi) is 4.84. The first-order chi connectivity index (χ1) is 18.6. The van der Waals surface area contributed by atoms with E-state index >= 15 is 0 Å². The second-order valence-electron chi connectivity index (χ2n) is 8.03. The quantitative estimate of drug-likeness (QED) is 0.371. The molecule has 0 aliphatic heterocycles. The highest BCUT2D eigenvalue weighted by atomic mass is 16.5. The Morgan fingerprint density at radius 3 is 2.83 bits per heavy atom. The maximum atomic E-state index is 13.5. The second kappa shape index (κ2) is 9.00. The molecule has 0 aliphatic carbocycles. The van der Waals surface area contributed by atoms with Crippen LogP contribution in [0, 0.1) is 18.3 Å². The summed E-state index contributed by atoms with van der Waals surface area (Å²) in [6, 6.07) is 18.0. The third-order valence-corrected chi connectivity index (χ3v) is 5.70. The SMILES string of the molecule is [2H]C([2H])([2H])N(C(=O)Cn1nc(-c2cccc(C#N)c2)c2ccc(OC)cc2c1=O)c1ccc2nc(C)oc2c1. The van der Waals surface area contributed by atoms with Gasteiger partial charge in [0.15, 0.2) is 11.5 Å². The zero-order chi connectivity index (χ0) is 27.9. The first-order valence-electron chi connectivity index (χ1n) is 12.4. The lowest BCUT2D eigenvalue weighted by atomic mass is 10.0. The number of fused-ring (bicyclic) bond motifs is 2. The van der Waals surface area contributed by atoms with E-state index < -0.39 is 25.0 Å². The van der Waals surface area contributed by atoms with Crippen molar-refractivity contribution in [3.8, 4) is 23.1 Å². The van der Waals surface area contributed by atoms with Crippen molar-refractivity contribution in [1.29, 1.82) is 5.26 Å². The minimum Gasteiger partial charge on any atom is -0.497 e. The van der Waals surface area contributed by atoms with Crippen LogP contribution in [0.2, 0.25) is 0 Å². The molecule has 2 heterocycles. The van der Waals surface area contributed by atoms with Crippen LogP contribution in [0.15, 0.2) is 69.9 Å². The van der Waals surface area contributed by atoms with E-state index in [9.17, 15) is 14.9 Å². The van der Waals surface area contributed by atoms with Gasteiger partial charge in [0.1, 0.15) is 17.8 Å². The van der Waals surface area contributed by atoms with Crippen molar-refractivity contribution in [3.05, 3.63) is 82.5 Å². The predicted molar refractivity (Wildman–Crippen MR) is 135 cm³/mol. The number of likely N-dealkylation sites (N-methyl/N-ethyl adjacent to an activating group) is 1. The highest BCUT2D eigenvalue weighted by Crippen LogP contribution is 2.28. The summed E-state index contributed by atoms with van der Waals surface area (Å²) in [5, 5.41) is 14.5. The van der Waals surface area contributed by atoms with E-state index in [0.717, 1.165) is 4.68 Å². The van der Waals surface area contributed by atoms with Gasteiger partial charge in [0, 0.05) is 40.7 Å². The first-order valence-corrected chi connectivity index (χ1v) is 10.9. The molecule has 2 aromatic heterocycles. The fourth-order valence-corrected chi connectivity index (χ4v) is 3.96. The monoisotopic (exact) mass is 482 g/mol. The van der Waals surface area contributed by atoms with Crippen LogP contribution in [0.5, 0.6) is 5.75 Å². The van der Waals surface area contributed by atoms with E-state index in [1.807, 2.05) is 0 Å². The first kappa shape index (κ1) is 19.3. The van der Waals surface area contributed by atoms with Crippen molar-refractivity contribution in [3.63, 3.8) is 0 Å². The zero-order valence-corrected chi connectivity index (χ0v) is 19.3. The van der Waals surface area contributed by atoms with Gasteiger partial charge in [0.25, 0.3) is 5.56 Å². The Balaban J connectivity index is 1.64. The van der Waals surface area contributed by atoms with Gasteiger partial charge in [-0.3, -0.25) is 9.59 Å². The molecular formula is C27H21N5O4. The number of carbonyl (C=O) groups excluding carboxylic acids is 1. The van der Waals surface area contributed by atoms with Gasteiger partial charge in [-0.1, -0.05) is 12.1 Å². The van der Waals surface area contributed by atoms with Crippen molar-refractivity contribution < 1.29 is 18.1 Å². The van der Waals surface area contributed by atoms with Crippen LogP contribution < -0.4 is 15.2 Å². The van der Waals surface area contributed by atoms with Crippen LogP contribution in [0.25, 0.3) is 33.1 Å². The number of aryl methyl sites for hydroxylation is 1. The topological polar surface area (TPSA) is 114 Å². The van der Waals surface area contributed by atoms with Gasteiger partial charge in [0.05, 0.1) is 29.8 Å². The van der Waals surface area contributed by atoms with Gasteiger partial charge in [-0.15, -0.1) is 0 Å². The van der Waals surface area contributed by atoms with Gasteiger partial charge in [0.2, 0.25) is 5.91 Å². The molecule has 0 atom stereocenters. The Morgan fingerprint density at radius 2 is 2.06 bits per heavy atom. The number of hydrogen-bond acceptors (Lipinski definition) is 7. The Labute approximate surface area is 210 Å². The third-order valence-electron chi connectivity index (χ3n) is 5.70. The van der Waals surface area contributed by atoms with Crippen LogP contribution in [0.1, 0.15) is 15.6 Å². The maximum absolute atomic E-state index is 13.5. The van der Waals surface area contributed by atoms with Crippen molar-refractivity contribution >= 4 is 33.5 Å². The molecule has 0 fully saturated rings. The number of amides is 1. The van der Waals surface area contributed by atoms with E-state index in [-0.39, 0.29) is 11.1 Å². The van der Waals surface area contributed by atoms with Crippen molar-refractivity contribution in [2.24, 2.45) is 0 Å². The number of nitrogens with zero attached hydrogens (tertiary/aromatic N) is 5. The number of benzene rings is 3. The van der Waals surface area contributed by atoms with Crippen molar-refractivity contribution in [1.82, 2.24) is 14.8 Å². The van der Waals surface area contributed by atoms with Crippen LogP contribution in [-0.2, 0) is 11.3 Å². The summed E-state index contributed by atoms with van der Waals surface area (Å²) in [6.45, 7) is -1.88. The van der Waals surface area contributed by atoms with E-state index in [1.54, 1.807) is 49.4 Å². The summed E-state index contributed by atoms with van der Waals surface area (Å²) in [7, 11) is 1.46. The fraction of sp³-hybridized carbons (Fsp3) is 0.148. The van der Waals surface area contributed by atoms with Crippen LogP contribution in [0.4, 0.5) is 5.69 Å². The molecule has 0 N–H and O–H groups in total. The second-order valence-corrected chi connectivity index (χ2v) is 8.03. The third kappa shape index (κ3) is 4.05. The molecule has 0 spiro atoms. The largest absolute Gasteiger partial charge is 0.497 e. The summed E-state index contributed by atoms with van der Waals surface area (Å²) in [6.07, 6.45) is 0. The lowest BCUT2D eigenvalue weighted by Crippen LogP contribution is -2.35. The minimum absolute atomic E-state index is 0.0566. The van der Waals surface area contributed by atoms with Gasteiger partial charge in [-0.25, -0.2) is 9.67 Å². The average molecular weight is 483 g/mol. The number of methoxy groups -OCH3 is 1. The van der Waals surface area contributed by atoms with Crippen LogP contribution in [-0.4, -0.2) is 34.8 Å². The molecule has 36 heavy (non-hydrogen) atoms. The minimum atomic E-state index is -2.87. The number of hydrogen-bond donors (Lipinski definition) is 0. The molecule has 1 amide bonds. The molecule has 3 aromatic carbocycles. The van der Waals surface area contributed by atoms with Crippen LogP contribution in [0.3, 0.4) is 0 Å². The number of rotatable bonds is 5. The smallest absolute Gasteiger partial charge is 0.275 e. The molecule has 5 rings (SSSR count). The molecule has 0 unspecified atom stereocenters. The van der Waals surface area contributed by atoms with E-state index in [0.29, 0.717) is 49.8 Å². The number of carbonyl (C=O) groups is 1. The van der Waals surface area contributed by atoms with Crippen molar-refractivity contribution in [2.75, 3.05) is 19.0 Å². The number of oxazole rings is 1. The van der Waals surface area contributed by atoms with Gasteiger partial charge in [-0.05, 0) is 42.5 Å². The molecule has 178 valence electrons. The highest BCUT2D eigenvalue weighted by molar-refractivity contribution is 5.96. The van der Waals surface area contributed by atoms with Crippen LogP contribution >= 0.6 is 0 Å². The summed E-state index contributed by atoms with van der Waals surface area (Å²) in [4.78, 5) is 31.8. The normalized spacial score (nSPS) is 12.5. The summed E-state index contributed by atoms with van der Waals surface area (Å²) >= 11 is 0.